The number of benzene rings is 1. The molecule has 1 aromatic carbocycles. The molecule has 0 saturated carbocycles. The predicted molar refractivity (Wildman–Crippen MR) is 94.3 cm³/mol. The average Bonchev–Trinajstić information content (AvgIpc) is 2.98. The van der Waals surface area contributed by atoms with Gasteiger partial charge in [0, 0.05) is 18.8 Å². The Kier molecular flexibility index (Phi) is 4.76. The monoisotopic (exact) mass is 331 g/mol. The number of aromatic nitrogens is 2. The second-order valence-electron chi connectivity index (χ2n) is 5.98. The molecule has 0 bridgehead atoms. The largest absolute Gasteiger partial charge is 0.346 e. The Morgan fingerprint density at radius 1 is 1.30 bits per heavy atom. The van der Waals surface area contributed by atoms with Crippen LogP contribution < -0.4 is 15.5 Å². The molecular formula is C16H21N5OS. The SMILES string of the molecule is Cc1ccccc1NC(=O)Nc1nnc(N2CCC[C@H](C)C2)s1. The normalized spacial score (nSPS) is 17.8. The smallest absolute Gasteiger partial charge is 0.325 e. The van der Waals surface area contributed by atoms with Crippen molar-refractivity contribution in [3.8, 4) is 0 Å². The summed E-state index contributed by atoms with van der Waals surface area (Å²) >= 11 is 1.42. The molecule has 1 aliphatic heterocycles. The third kappa shape index (κ3) is 3.98. The summed E-state index contributed by atoms with van der Waals surface area (Å²) < 4.78 is 0. The average molecular weight is 331 g/mol. The highest BCUT2D eigenvalue weighted by atomic mass is 32.1. The molecule has 0 spiro atoms. The van der Waals surface area contributed by atoms with Crippen molar-refractivity contribution >= 4 is 33.3 Å². The number of nitrogens with one attached hydrogen (secondary N) is 2. The predicted octanol–water partition coefficient (Wildman–Crippen LogP) is 3.73. The van der Waals surface area contributed by atoms with E-state index in [1.54, 1.807) is 0 Å². The summed E-state index contributed by atoms with van der Waals surface area (Å²) in [4.78, 5) is 14.3. The van der Waals surface area contributed by atoms with Crippen LogP contribution in [0.2, 0.25) is 0 Å². The number of carbonyl (C=O) groups is 1. The first-order valence-electron chi connectivity index (χ1n) is 7.84. The molecule has 2 amide bonds. The van der Waals surface area contributed by atoms with Gasteiger partial charge >= 0.3 is 6.03 Å². The molecule has 2 aromatic rings. The van der Waals surface area contributed by atoms with Gasteiger partial charge in [0.25, 0.3) is 0 Å². The maximum atomic E-state index is 12.1. The van der Waals surface area contributed by atoms with Crippen molar-refractivity contribution in [2.24, 2.45) is 5.92 Å². The summed E-state index contributed by atoms with van der Waals surface area (Å²) in [5, 5.41) is 15.3. The van der Waals surface area contributed by atoms with Crippen LogP contribution in [0.5, 0.6) is 0 Å². The van der Waals surface area contributed by atoms with Gasteiger partial charge in [-0.3, -0.25) is 5.32 Å². The Morgan fingerprint density at radius 3 is 2.91 bits per heavy atom. The van der Waals surface area contributed by atoms with E-state index in [1.807, 2.05) is 31.2 Å². The van der Waals surface area contributed by atoms with Gasteiger partial charge in [0.2, 0.25) is 10.3 Å². The van der Waals surface area contributed by atoms with Gasteiger partial charge in [-0.1, -0.05) is 36.5 Å². The lowest BCUT2D eigenvalue weighted by Crippen LogP contribution is -2.34. The van der Waals surface area contributed by atoms with Crippen LogP contribution in [-0.4, -0.2) is 29.3 Å². The van der Waals surface area contributed by atoms with Gasteiger partial charge in [-0.2, -0.15) is 0 Å². The summed E-state index contributed by atoms with van der Waals surface area (Å²) in [6.07, 6.45) is 2.44. The first kappa shape index (κ1) is 15.7. The molecule has 3 rings (SSSR count). The molecule has 7 heteroatoms. The summed E-state index contributed by atoms with van der Waals surface area (Å²) in [7, 11) is 0. The number of hydrogen-bond acceptors (Lipinski definition) is 5. The number of para-hydroxylation sites is 1. The van der Waals surface area contributed by atoms with E-state index in [1.165, 1.54) is 24.2 Å². The van der Waals surface area contributed by atoms with Crippen LogP contribution in [0.4, 0.5) is 20.7 Å². The fraction of sp³-hybridized carbons (Fsp3) is 0.438. The van der Waals surface area contributed by atoms with E-state index < -0.39 is 0 Å². The second-order valence-corrected chi connectivity index (χ2v) is 6.93. The highest BCUT2D eigenvalue weighted by molar-refractivity contribution is 7.19. The van der Waals surface area contributed by atoms with Crippen LogP contribution in [-0.2, 0) is 0 Å². The molecule has 0 aliphatic carbocycles. The van der Waals surface area contributed by atoms with Crippen LogP contribution in [0.3, 0.4) is 0 Å². The Bertz CT molecular complexity index is 687. The number of urea groups is 1. The van der Waals surface area contributed by atoms with Gasteiger partial charge in [-0.05, 0) is 37.3 Å². The number of hydrogen-bond donors (Lipinski definition) is 2. The van der Waals surface area contributed by atoms with Crippen molar-refractivity contribution in [2.45, 2.75) is 26.7 Å². The zero-order valence-corrected chi connectivity index (χ0v) is 14.2. The molecule has 1 aromatic heterocycles. The Balaban J connectivity index is 1.60. The molecule has 122 valence electrons. The molecule has 1 saturated heterocycles. The number of aryl methyl sites for hydroxylation is 1. The maximum Gasteiger partial charge on any atom is 0.325 e. The molecule has 1 atom stereocenters. The lowest BCUT2D eigenvalue weighted by molar-refractivity contribution is 0.262. The number of piperidine rings is 1. The van der Waals surface area contributed by atoms with Crippen molar-refractivity contribution in [1.29, 1.82) is 0 Å². The van der Waals surface area contributed by atoms with Gasteiger partial charge in [0.15, 0.2) is 0 Å². The van der Waals surface area contributed by atoms with Gasteiger partial charge in [0.05, 0.1) is 0 Å². The van der Waals surface area contributed by atoms with E-state index in [4.69, 9.17) is 0 Å². The molecule has 2 heterocycles. The fourth-order valence-electron chi connectivity index (χ4n) is 2.72. The number of rotatable bonds is 3. The molecule has 1 aliphatic rings. The summed E-state index contributed by atoms with van der Waals surface area (Å²) in [5.74, 6) is 0.674. The van der Waals surface area contributed by atoms with E-state index >= 15 is 0 Å². The minimum absolute atomic E-state index is 0.297. The van der Waals surface area contributed by atoms with E-state index in [2.05, 4.69) is 32.7 Å². The lowest BCUT2D eigenvalue weighted by Gasteiger charge is -2.29. The van der Waals surface area contributed by atoms with Crippen molar-refractivity contribution in [1.82, 2.24) is 10.2 Å². The molecule has 23 heavy (non-hydrogen) atoms. The van der Waals surface area contributed by atoms with Gasteiger partial charge in [-0.25, -0.2) is 4.79 Å². The second kappa shape index (κ2) is 6.95. The zero-order chi connectivity index (χ0) is 16.2. The van der Waals surface area contributed by atoms with E-state index in [9.17, 15) is 4.79 Å². The van der Waals surface area contributed by atoms with Crippen LogP contribution >= 0.6 is 11.3 Å². The first-order valence-corrected chi connectivity index (χ1v) is 8.65. The number of amides is 2. The summed E-state index contributed by atoms with van der Waals surface area (Å²) in [6.45, 7) is 6.22. The molecule has 0 unspecified atom stereocenters. The maximum absolute atomic E-state index is 12.1. The van der Waals surface area contributed by atoms with E-state index in [0.717, 1.165) is 29.5 Å². The number of anilines is 3. The van der Waals surface area contributed by atoms with E-state index in [-0.39, 0.29) is 6.03 Å². The first-order chi connectivity index (χ1) is 11.1. The Labute approximate surface area is 139 Å². The molecule has 1 fully saturated rings. The van der Waals surface area contributed by atoms with Crippen LogP contribution in [0.25, 0.3) is 0 Å². The lowest BCUT2D eigenvalue weighted by atomic mass is 10.0. The fourth-order valence-corrected chi connectivity index (χ4v) is 3.50. The Hall–Kier alpha value is -2.15. The zero-order valence-electron chi connectivity index (χ0n) is 13.4. The number of nitrogens with zero attached hydrogens (tertiary/aromatic N) is 3. The van der Waals surface area contributed by atoms with Crippen LogP contribution in [0.1, 0.15) is 25.3 Å². The van der Waals surface area contributed by atoms with Crippen LogP contribution in [0.15, 0.2) is 24.3 Å². The van der Waals surface area contributed by atoms with Crippen molar-refractivity contribution in [3.05, 3.63) is 29.8 Å². The van der Waals surface area contributed by atoms with Crippen LogP contribution in [0, 0.1) is 12.8 Å². The summed E-state index contributed by atoms with van der Waals surface area (Å²) in [6, 6.07) is 7.36. The topological polar surface area (TPSA) is 70.1 Å². The minimum Gasteiger partial charge on any atom is -0.346 e. The molecule has 6 nitrogen and oxygen atoms in total. The molecular weight excluding hydrogens is 310 g/mol. The highest BCUT2D eigenvalue weighted by Gasteiger charge is 2.20. The minimum atomic E-state index is -0.297. The van der Waals surface area contributed by atoms with Crippen molar-refractivity contribution < 1.29 is 4.79 Å². The Morgan fingerprint density at radius 2 is 2.13 bits per heavy atom. The molecule has 2 N–H and O–H groups in total. The van der Waals surface area contributed by atoms with Gasteiger partial charge < -0.3 is 10.2 Å². The molecule has 0 radical (unpaired) electrons. The quantitative estimate of drug-likeness (QED) is 0.899. The standard InChI is InChI=1S/C16H21N5OS/c1-11-6-5-9-21(10-11)16-20-19-15(23-16)18-14(22)17-13-8-4-3-7-12(13)2/h3-4,7-8,11H,5-6,9-10H2,1-2H3,(H2,17,18,19,22)/t11-/m0/s1. The highest BCUT2D eigenvalue weighted by Crippen LogP contribution is 2.28. The third-order valence-corrected chi connectivity index (χ3v) is 4.86. The van der Waals surface area contributed by atoms with Gasteiger partial charge in [0.1, 0.15) is 0 Å². The van der Waals surface area contributed by atoms with Crippen molar-refractivity contribution in [3.63, 3.8) is 0 Å². The van der Waals surface area contributed by atoms with E-state index in [0.29, 0.717) is 11.0 Å². The van der Waals surface area contributed by atoms with Gasteiger partial charge in [-0.15, -0.1) is 10.2 Å². The summed E-state index contributed by atoms with van der Waals surface area (Å²) in [5.41, 5.74) is 1.81. The third-order valence-electron chi connectivity index (χ3n) is 3.96. The number of carbonyl (C=O) groups excluding carboxylic acids is 1. The van der Waals surface area contributed by atoms with Crippen molar-refractivity contribution in [2.75, 3.05) is 28.6 Å².